The molecule has 2 aromatic carbocycles. The molecular formula is C20H20F2N2O4. The fourth-order valence-electron chi connectivity index (χ4n) is 2.88. The average Bonchev–Trinajstić information content (AvgIpc) is 2.67. The normalized spacial score (nSPS) is 15.8. The summed E-state index contributed by atoms with van der Waals surface area (Å²) in [5.74, 6) is 0.253. The van der Waals surface area contributed by atoms with Crippen LogP contribution >= 0.6 is 0 Å². The molecule has 2 aromatic rings. The molecule has 3 rings (SSSR count). The van der Waals surface area contributed by atoms with Gasteiger partial charge in [-0.25, -0.2) is 0 Å². The summed E-state index contributed by atoms with van der Waals surface area (Å²) < 4.78 is 34.1. The number of nitrogens with one attached hydrogen (secondary N) is 1. The van der Waals surface area contributed by atoms with Gasteiger partial charge in [-0.05, 0) is 36.8 Å². The van der Waals surface area contributed by atoms with Crippen molar-refractivity contribution in [3.8, 4) is 11.5 Å². The maximum absolute atomic E-state index is 12.4. The molecule has 2 amide bonds. The summed E-state index contributed by atoms with van der Waals surface area (Å²) in [4.78, 5) is 26.1. The molecule has 0 aliphatic carbocycles. The van der Waals surface area contributed by atoms with E-state index in [2.05, 4.69) is 10.1 Å². The van der Waals surface area contributed by atoms with Gasteiger partial charge in [-0.1, -0.05) is 24.3 Å². The number of nitrogens with zero attached hydrogens (tertiary/aromatic N) is 1. The second kappa shape index (κ2) is 8.69. The molecule has 8 heteroatoms. The Morgan fingerprint density at radius 3 is 2.64 bits per heavy atom. The molecule has 0 saturated heterocycles. The van der Waals surface area contributed by atoms with Crippen molar-refractivity contribution >= 4 is 17.5 Å². The number of rotatable bonds is 7. The van der Waals surface area contributed by atoms with Crippen molar-refractivity contribution in [1.29, 1.82) is 0 Å². The maximum Gasteiger partial charge on any atom is 0.387 e. The molecular weight excluding hydrogens is 370 g/mol. The second-order valence-electron chi connectivity index (χ2n) is 6.27. The zero-order valence-electron chi connectivity index (χ0n) is 15.2. The van der Waals surface area contributed by atoms with Crippen LogP contribution in [0, 0.1) is 0 Å². The van der Waals surface area contributed by atoms with Crippen LogP contribution in [0.5, 0.6) is 11.5 Å². The van der Waals surface area contributed by atoms with Gasteiger partial charge in [-0.15, -0.1) is 0 Å². The molecule has 6 nitrogen and oxygen atoms in total. The Kier molecular flexibility index (Phi) is 6.08. The molecule has 1 aliphatic rings. The number of hydrogen-bond acceptors (Lipinski definition) is 4. The number of anilines is 1. The van der Waals surface area contributed by atoms with Gasteiger partial charge in [0.05, 0.1) is 5.69 Å². The van der Waals surface area contributed by atoms with E-state index in [1.165, 1.54) is 12.1 Å². The fraction of sp³-hybridized carbons (Fsp3) is 0.300. The van der Waals surface area contributed by atoms with Gasteiger partial charge in [-0.3, -0.25) is 9.59 Å². The number of alkyl halides is 2. The van der Waals surface area contributed by atoms with E-state index in [1.807, 2.05) is 6.07 Å². The third-order valence-electron chi connectivity index (χ3n) is 4.27. The number of halogens is 2. The molecule has 28 heavy (non-hydrogen) atoms. The molecule has 0 saturated carbocycles. The van der Waals surface area contributed by atoms with Crippen molar-refractivity contribution in [3.05, 3.63) is 54.1 Å². The van der Waals surface area contributed by atoms with Crippen molar-refractivity contribution in [3.63, 3.8) is 0 Å². The molecule has 1 N–H and O–H groups in total. The van der Waals surface area contributed by atoms with E-state index in [9.17, 15) is 18.4 Å². The lowest BCUT2D eigenvalue weighted by Gasteiger charge is -2.32. The average molecular weight is 390 g/mol. The third kappa shape index (κ3) is 4.76. The molecule has 1 heterocycles. The predicted octanol–water partition coefficient (Wildman–Crippen LogP) is 3.11. The highest BCUT2D eigenvalue weighted by Crippen LogP contribution is 2.33. The van der Waals surface area contributed by atoms with Gasteiger partial charge >= 0.3 is 6.61 Å². The first-order chi connectivity index (χ1) is 13.4. The molecule has 0 spiro atoms. The lowest BCUT2D eigenvalue weighted by atomic mass is 10.1. The van der Waals surface area contributed by atoms with E-state index in [0.29, 0.717) is 11.4 Å². The van der Waals surface area contributed by atoms with Crippen molar-refractivity contribution < 1.29 is 27.8 Å². The molecule has 0 aromatic heterocycles. The Bertz CT molecular complexity index is 842. The number of ether oxygens (including phenoxy) is 2. The van der Waals surface area contributed by atoms with Crippen LogP contribution in [0.15, 0.2) is 48.5 Å². The highest BCUT2D eigenvalue weighted by molar-refractivity contribution is 6.00. The van der Waals surface area contributed by atoms with Gasteiger partial charge in [0.15, 0.2) is 6.10 Å². The van der Waals surface area contributed by atoms with Crippen LogP contribution in [-0.2, 0) is 16.1 Å². The van der Waals surface area contributed by atoms with Crippen LogP contribution < -0.4 is 19.7 Å². The Balaban J connectivity index is 1.52. The predicted molar refractivity (Wildman–Crippen MR) is 98.4 cm³/mol. The Labute approximate surface area is 161 Å². The number of hydrogen-bond donors (Lipinski definition) is 1. The van der Waals surface area contributed by atoms with Crippen LogP contribution in [0.25, 0.3) is 0 Å². The van der Waals surface area contributed by atoms with Crippen LogP contribution in [0.2, 0.25) is 0 Å². The number of amides is 2. The maximum atomic E-state index is 12.4. The third-order valence-corrected chi connectivity index (χ3v) is 4.27. The Morgan fingerprint density at radius 2 is 1.93 bits per heavy atom. The molecule has 0 fully saturated rings. The highest BCUT2D eigenvalue weighted by atomic mass is 19.3. The van der Waals surface area contributed by atoms with Crippen LogP contribution in [-0.4, -0.2) is 31.1 Å². The highest BCUT2D eigenvalue weighted by Gasteiger charge is 2.31. The summed E-state index contributed by atoms with van der Waals surface area (Å²) in [6.07, 6.45) is -0.480. The van der Waals surface area contributed by atoms with Gasteiger partial charge in [0.1, 0.15) is 11.5 Å². The topological polar surface area (TPSA) is 67.9 Å². The first-order valence-electron chi connectivity index (χ1n) is 8.81. The molecule has 148 valence electrons. The van der Waals surface area contributed by atoms with Crippen molar-refractivity contribution in [1.82, 2.24) is 5.32 Å². The van der Waals surface area contributed by atoms with E-state index in [0.717, 1.165) is 5.56 Å². The fourth-order valence-corrected chi connectivity index (χ4v) is 2.88. The molecule has 1 atom stereocenters. The molecule has 0 radical (unpaired) electrons. The first kappa shape index (κ1) is 19.6. The van der Waals surface area contributed by atoms with E-state index in [4.69, 9.17) is 4.74 Å². The standard InChI is InChI=1S/C20H20F2N2O4/c1-13-19(26)24(16-4-2-3-5-17(16)27-13)11-10-18(25)23-12-14-6-8-15(9-7-14)28-20(21)22/h2-9,13,20H,10-12H2,1H3,(H,23,25)/t13-/m0/s1. The van der Waals surface area contributed by atoms with Crippen molar-refractivity contribution in [2.24, 2.45) is 0 Å². The Morgan fingerprint density at radius 1 is 1.21 bits per heavy atom. The smallest absolute Gasteiger partial charge is 0.387 e. The Hall–Kier alpha value is -3.16. The summed E-state index contributed by atoms with van der Waals surface area (Å²) in [6.45, 7) is -0.720. The number of benzene rings is 2. The largest absolute Gasteiger partial charge is 0.479 e. The lowest BCUT2D eigenvalue weighted by Crippen LogP contribution is -2.45. The van der Waals surface area contributed by atoms with Gasteiger partial charge in [-0.2, -0.15) is 8.78 Å². The van der Waals surface area contributed by atoms with Crippen LogP contribution in [0.4, 0.5) is 14.5 Å². The number of fused-ring (bicyclic) bond motifs is 1. The van der Waals surface area contributed by atoms with Gasteiger partial charge in [0, 0.05) is 19.5 Å². The van der Waals surface area contributed by atoms with E-state index >= 15 is 0 Å². The second-order valence-corrected chi connectivity index (χ2v) is 6.27. The first-order valence-corrected chi connectivity index (χ1v) is 8.81. The van der Waals surface area contributed by atoms with Gasteiger partial charge < -0.3 is 19.7 Å². The zero-order valence-corrected chi connectivity index (χ0v) is 15.2. The van der Waals surface area contributed by atoms with Gasteiger partial charge in [0.2, 0.25) is 5.91 Å². The zero-order chi connectivity index (χ0) is 20.1. The minimum Gasteiger partial charge on any atom is -0.479 e. The van der Waals surface area contributed by atoms with E-state index in [1.54, 1.807) is 42.2 Å². The quantitative estimate of drug-likeness (QED) is 0.789. The number of carbonyl (C=O) groups is 2. The summed E-state index contributed by atoms with van der Waals surface area (Å²) in [5, 5.41) is 2.75. The minimum atomic E-state index is -2.87. The number of carbonyl (C=O) groups excluding carboxylic acids is 2. The van der Waals surface area contributed by atoms with Crippen LogP contribution in [0.3, 0.4) is 0 Å². The lowest BCUT2D eigenvalue weighted by molar-refractivity contribution is -0.125. The number of para-hydroxylation sites is 2. The SMILES string of the molecule is C[C@@H]1Oc2ccccc2N(CCC(=O)NCc2ccc(OC(F)F)cc2)C1=O. The van der Waals surface area contributed by atoms with E-state index in [-0.39, 0.29) is 37.1 Å². The summed E-state index contributed by atoms with van der Waals surface area (Å²) in [7, 11) is 0. The monoisotopic (exact) mass is 390 g/mol. The van der Waals surface area contributed by atoms with Crippen molar-refractivity contribution in [2.75, 3.05) is 11.4 Å². The van der Waals surface area contributed by atoms with Crippen LogP contribution in [0.1, 0.15) is 18.9 Å². The molecule has 0 unspecified atom stereocenters. The summed E-state index contributed by atoms with van der Waals surface area (Å²) in [6, 6.07) is 13.2. The van der Waals surface area contributed by atoms with Gasteiger partial charge in [0.25, 0.3) is 5.91 Å². The van der Waals surface area contributed by atoms with E-state index < -0.39 is 12.7 Å². The summed E-state index contributed by atoms with van der Waals surface area (Å²) in [5.41, 5.74) is 1.39. The molecule has 0 bridgehead atoms. The minimum absolute atomic E-state index is 0.0590. The molecule has 1 aliphatic heterocycles. The van der Waals surface area contributed by atoms with Crippen molar-refractivity contribution in [2.45, 2.75) is 32.6 Å². The summed E-state index contributed by atoms with van der Waals surface area (Å²) >= 11 is 0.